The lowest BCUT2D eigenvalue weighted by Gasteiger charge is -2.22. The Kier molecular flexibility index (Phi) is 4.24. The highest BCUT2D eigenvalue weighted by Gasteiger charge is 2.37. The van der Waals surface area contributed by atoms with Crippen molar-refractivity contribution >= 4 is 5.78 Å². The van der Waals surface area contributed by atoms with Crippen LogP contribution in [0.4, 0.5) is 13.2 Å². The van der Waals surface area contributed by atoms with E-state index < -0.39 is 12.7 Å². The van der Waals surface area contributed by atoms with E-state index in [-0.39, 0.29) is 24.8 Å². The third-order valence-corrected chi connectivity index (χ3v) is 3.17. The van der Waals surface area contributed by atoms with E-state index in [1.54, 1.807) is 30.3 Å². The second-order valence-electron chi connectivity index (χ2n) is 4.86. The number of alkyl halides is 3. The average molecular weight is 271 g/mol. The van der Waals surface area contributed by atoms with Crippen molar-refractivity contribution in [2.45, 2.75) is 31.5 Å². The fourth-order valence-corrected chi connectivity index (χ4v) is 2.07. The monoisotopic (exact) mass is 271 g/mol. The summed E-state index contributed by atoms with van der Waals surface area (Å²) in [6, 6.07) is 8.69. The minimum Gasteiger partial charge on any atom is -0.294 e. The van der Waals surface area contributed by atoms with Crippen LogP contribution in [-0.2, 0) is 0 Å². The second-order valence-corrected chi connectivity index (χ2v) is 4.86. The molecule has 1 aliphatic rings. The molecule has 0 aromatic heterocycles. The van der Waals surface area contributed by atoms with Crippen LogP contribution in [0.15, 0.2) is 30.3 Å². The van der Waals surface area contributed by atoms with Crippen LogP contribution in [-0.4, -0.2) is 36.0 Å². The molecule has 1 saturated carbocycles. The van der Waals surface area contributed by atoms with Crippen LogP contribution < -0.4 is 0 Å². The smallest absolute Gasteiger partial charge is 0.294 e. The van der Waals surface area contributed by atoms with E-state index in [1.165, 1.54) is 4.90 Å². The minimum absolute atomic E-state index is 0.00481. The summed E-state index contributed by atoms with van der Waals surface area (Å²) in [5, 5.41) is 0. The van der Waals surface area contributed by atoms with E-state index in [2.05, 4.69) is 0 Å². The lowest BCUT2D eigenvalue weighted by atomic mass is 10.1. The highest BCUT2D eigenvalue weighted by atomic mass is 19.4. The molecule has 0 unspecified atom stereocenters. The molecule has 1 aliphatic carbocycles. The Morgan fingerprint density at radius 1 is 1.21 bits per heavy atom. The average Bonchev–Trinajstić information content (AvgIpc) is 3.18. The summed E-state index contributed by atoms with van der Waals surface area (Å²) >= 11 is 0. The van der Waals surface area contributed by atoms with Crippen molar-refractivity contribution in [2.75, 3.05) is 13.1 Å². The Hall–Kier alpha value is -1.36. The minimum atomic E-state index is -4.20. The first kappa shape index (κ1) is 14.1. The molecule has 104 valence electrons. The highest BCUT2D eigenvalue weighted by Crippen LogP contribution is 2.30. The number of halogens is 3. The molecule has 0 amide bonds. The fourth-order valence-electron chi connectivity index (χ4n) is 2.07. The molecule has 0 bridgehead atoms. The Labute approximate surface area is 110 Å². The number of carbonyl (C=O) groups is 1. The molecule has 2 rings (SSSR count). The predicted molar refractivity (Wildman–Crippen MR) is 66.0 cm³/mol. The fraction of sp³-hybridized carbons (Fsp3) is 0.500. The Bertz CT molecular complexity index is 426. The van der Waals surface area contributed by atoms with Gasteiger partial charge in [0, 0.05) is 24.6 Å². The molecule has 19 heavy (non-hydrogen) atoms. The third kappa shape index (κ3) is 4.67. The molecule has 1 fully saturated rings. The van der Waals surface area contributed by atoms with Crippen LogP contribution in [0.5, 0.6) is 0 Å². The zero-order valence-corrected chi connectivity index (χ0v) is 10.5. The summed E-state index contributed by atoms with van der Waals surface area (Å²) in [5.74, 6) is -0.103. The van der Waals surface area contributed by atoms with Crippen LogP contribution in [0.25, 0.3) is 0 Å². The number of nitrogens with zero attached hydrogens (tertiary/aromatic N) is 1. The lowest BCUT2D eigenvalue weighted by molar-refractivity contribution is -0.147. The van der Waals surface area contributed by atoms with E-state index in [0.29, 0.717) is 5.56 Å². The molecule has 0 saturated heterocycles. The van der Waals surface area contributed by atoms with Gasteiger partial charge in [0.1, 0.15) is 0 Å². The van der Waals surface area contributed by atoms with E-state index in [9.17, 15) is 18.0 Å². The van der Waals surface area contributed by atoms with Crippen molar-refractivity contribution in [3.05, 3.63) is 35.9 Å². The van der Waals surface area contributed by atoms with E-state index in [0.717, 1.165) is 12.8 Å². The summed E-state index contributed by atoms with van der Waals surface area (Å²) in [6.07, 6.45) is -2.46. The molecule has 2 nitrogen and oxygen atoms in total. The SMILES string of the molecule is O=C(CCN(CC(F)(F)F)C1CC1)c1ccccc1. The first-order chi connectivity index (χ1) is 8.96. The molecule has 5 heteroatoms. The molecular formula is C14H16F3NO. The van der Waals surface area contributed by atoms with E-state index >= 15 is 0 Å². The number of ketones is 1. The Morgan fingerprint density at radius 3 is 2.37 bits per heavy atom. The van der Waals surface area contributed by atoms with Gasteiger partial charge in [0.15, 0.2) is 5.78 Å². The van der Waals surface area contributed by atoms with Crippen molar-refractivity contribution in [2.24, 2.45) is 0 Å². The maximum atomic E-state index is 12.4. The first-order valence-corrected chi connectivity index (χ1v) is 6.35. The van der Waals surface area contributed by atoms with Crippen LogP contribution in [0.2, 0.25) is 0 Å². The normalized spacial score (nSPS) is 15.8. The van der Waals surface area contributed by atoms with Crippen LogP contribution >= 0.6 is 0 Å². The summed E-state index contributed by atoms with van der Waals surface area (Å²) in [4.78, 5) is 13.2. The number of benzene rings is 1. The Morgan fingerprint density at radius 2 is 1.84 bits per heavy atom. The zero-order chi connectivity index (χ0) is 13.9. The predicted octanol–water partition coefficient (Wildman–Crippen LogP) is 3.29. The zero-order valence-electron chi connectivity index (χ0n) is 10.5. The molecule has 1 aromatic carbocycles. The number of hydrogen-bond donors (Lipinski definition) is 0. The van der Waals surface area contributed by atoms with Gasteiger partial charge < -0.3 is 0 Å². The van der Waals surface area contributed by atoms with Crippen LogP contribution in [0.1, 0.15) is 29.6 Å². The molecule has 0 N–H and O–H groups in total. The van der Waals surface area contributed by atoms with Gasteiger partial charge in [0.2, 0.25) is 0 Å². The van der Waals surface area contributed by atoms with Crippen molar-refractivity contribution in [1.29, 1.82) is 0 Å². The van der Waals surface area contributed by atoms with Crippen LogP contribution in [0.3, 0.4) is 0 Å². The van der Waals surface area contributed by atoms with Gasteiger partial charge in [-0.3, -0.25) is 9.69 Å². The number of rotatable bonds is 6. The van der Waals surface area contributed by atoms with E-state index in [4.69, 9.17) is 0 Å². The maximum absolute atomic E-state index is 12.4. The maximum Gasteiger partial charge on any atom is 0.401 e. The lowest BCUT2D eigenvalue weighted by Crippen LogP contribution is -2.37. The van der Waals surface area contributed by atoms with Gasteiger partial charge in [-0.2, -0.15) is 13.2 Å². The standard InChI is InChI=1S/C14H16F3NO/c15-14(16,17)10-18(12-6-7-12)9-8-13(19)11-4-2-1-3-5-11/h1-5,12H,6-10H2. The molecule has 0 radical (unpaired) electrons. The van der Waals surface area contributed by atoms with Crippen LogP contribution in [0, 0.1) is 0 Å². The third-order valence-electron chi connectivity index (χ3n) is 3.17. The summed E-state index contributed by atoms with van der Waals surface area (Å²) in [7, 11) is 0. The van der Waals surface area contributed by atoms with Gasteiger partial charge in [0.25, 0.3) is 0 Å². The van der Waals surface area contributed by atoms with Gasteiger partial charge in [-0.15, -0.1) is 0 Å². The summed E-state index contributed by atoms with van der Waals surface area (Å²) in [5.41, 5.74) is 0.560. The molecule has 0 aliphatic heterocycles. The number of Topliss-reactive ketones (excluding diaryl/α,β-unsaturated/α-hetero) is 1. The second kappa shape index (κ2) is 5.74. The summed E-state index contributed by atoms with van der Waals surface area (Å²) in [6.45, 7) is -0.738. The van der Waals surface area contributed by atoms with Crippen molar-refractivity contribution < 1.29 is 18.0 Å². The van der Waals surface area contributed by atoms with Gasteiger partial charge in [-0.05, 0) is 12.8 Å². The number of hydrogen-bond acceptors (Lipinski definition) is 2. The van der Waals surface area contributed by atoms with Crippen molar-refractivity contribution in [1.82, 2.24) is 4.90 Å². The molecule has 1 aromatic rings. The summed E-state index contributed by atoms with van der Waals surface area (Å²) < 4.78 is 37.2. The molecule has 0 heterocycles. The highest BCUT2D eigenvalue weighted by molar-refractivity contribution is 5.96. The van der Waals surface area contributed by atoms with Gasteiger partial charge in [-0.25, -0.2) is 0 Å². The molecule has 0 spiro atoms. The molecular weight excluding hydrogens is 255 g/mol. The first-order valence-electron chi connectivity index (χ1n) is 6.35. The Balaban J connectivity index is 1.87. The topological polar surface area (TPSA) is 20.3 Å². The van der Waals surface area contributed by atoms with Gasteiger partial charge in [0.05, 0.1) is 6.54 Å². The van der Waals surface area contributed by atoms with Gasteiger partial charge >= 0.3 is 6.18 Å². The van der Waals surface area contributed by atoms with Gasteiger partial charge in [-0.1, -0.05) is 30.3 Å². The van der Waals surface area contributed by atoms with Crippen molar-refractivity contribution in [3.8, 4) is 0 Å². The molecule has 0 atom stereocenters. The van der Waals surface area contributed by atoms with E-state index in [1.807, 2.05) is 0 Å². The number of carbonyl (C=O) groups excluding carboxylic acids is 1. The quantitative estimate of drug-likeness (QED) is 0.740. The van der Waals surface area contributed by atoms with Crippen molar-refractivity contribution in [3.63, 3.8) is 0 Å². The largest absolute Gasteiger partial charge is 0.401 e.